The van der Waals surface area contributed by atoms with E-state index in [1.54, 1.807) is 18.3 Å². The standard InChI is InChI=1S/C13H13N3OS/c14-11-3-1-2-10(8-11)4-5-12(17)16-9-13-15-6-7-18-13/h1-8H,9,14H2,(H,16,17)/b5-4+. The zero-order valence-corrected chi connectivity index (χ0v) is 10.5. The number of hydrogen-bond acceptors (Lipinski definition) is 4. The highest BCUT2D eigenvalue weighted by Gasteiger charge is 1.98. The summed E-state index contributed by atoms with van der Waals surface area (Å²) < 4.78 is 0. The summed E-state index contributed by atoms with van der Waals surface area (Å²) in [6, 6.07) is 7.36. The fraction of sp³-hybridized carbons (Fsp3) is 0.0769. The van der Waals surface area contributed by atoms with Crippen LogP contribution in [0.5, 0.6) is 0 Å². The number of carbonyl (C=O) groups excluding carboxylic acids is 1. The second-order valence-corrected chi connectivity index (χ2v) is 4.63. The van der Waals surface area contributed by atoms with Crippen molar-refractivity contribution in [2.24, 2.45) is 0 Å². The summed E-state index contributed by atoms with van der Waals surface area (Å²) in [7, 11) is 0. The van der Waals surface area contributed by atoms with Gasteiger partial charge in [0.05, 0.1) is 6.54 Å². The number of amides is 1. The number of benzene rings is 1. The van der Waals surface area contributed by atoms with Gasteiger partial charge in [-0.1, -0.05) is 12.1 Å². The van der Waals surface area contributed by atoms with Gasteiger partial charge in [-0.05, 0) is 23.8 Å². The van der Waals surface area contributed by atoms with Gasteiger partial charge in [-0.25, -0.2) is 4.98 Å². The Kier molecular flexibility index (Phi) is 4.09. The van der Waals surface area contributed by atoms with Gasteiger partial charge < -0.3 is 11.1 Å². The number of nitrogens with one attached hydrogen (secondary N) is 1. The van der Waals surface area contributed by atoms with Crippen molar-refractivity contribution in [2.45, 2.75) is 6.54 Å². The lowest BCUT2D eigenvalue weighted by Gasteiger charge is -1.98. The molecule has 1 aromatic heterocycles. The number of nitrogen functional groups attached to an aromatic ring is 1. The zero-order chi connectivity index (χ0) is 12.8. The monoisotopic (exact) mass is 259 g/mol. The largest absolute Gasteiger partial charge is 0.399 e. The van der Waals surface area contributed by atoms with Crippen molar-refractivity contribution >= 4 is 29.0 Å². The lowest BCUT2D eigenvalue weighted by molar-refractivity contribution is -0.116. The Morgan fingerprint density at radius 2 is 2.39 bits per heavy atom. The molecule has 0 radical (unpaired) electrons. The number of carbonyl (C=O) groups is 1. The molecule has 3 N–H and O–H groups in total. The van der Waals surface area contributed by atoms with Gasteiger partial charge >= 0.3 is 0 Å². The van der Waals surface area contributed by atoms with Gasteiger partial charge in [0.15, 0.2) is 0 Å². The number of nitrogens with zero attached hydrogens (tertiary/aromatic N) is 1. The van der Waals surface area contributed by atoms with Crippen molar-refractivity contribution in [2.75, 3.05) is 5.73 Å². The van der Waals surface area contributed by atoms with E-state index in [9.17, 15) is 4.79 Å². The van der Waals surface area contributed by atoms with Crippen molar-refractivity contribution in [1.29, 1.82) is 0 Å². The summed E-state index contributed by atoms with van der Waals surface area (Å²) in [5.41, 5.74) is 7.23. The second-order valence-electron chi connectivity index (χ2n) is 3.65. The number of thiazole rings is 1. The van der Waals surface area contributed by atoms with Crippen molar-refractivity contribution in [1.82, 2.24) is 10.3 Å². The molecule has 1 amide bonds. The molecule has 0 aliphatic carbocycles. The van der Waals surface area contributed by atoms with Crippen LogP contribution < -0.4 is 11.1 Å². The Hall–Kier alpha value is -2.14. The summed E-state index contributed by atoms with van der Waals surface area (Å²) in [6.07, 6.45) is 4.94. The molecule has 1 heterocycles. The van der Waals surface area contributed by atoms with Gasteiger partial charge in [-0.3, -0.25) is 4.79 Å². The predicted molar refractivity (Wildman–Crippen MR) is 73.8 cm³/mol. The Bertz CT molecular complexity index is 549. The SMILES string of the molecule is Nc1cccc(/C=C/C(=O)NCc2nccs2)c1. The molecule has 5 heteroatoms. The molecule has 0 atom stereocenters. The van der Waals surface area contributed by atoms with Crippen molar-refractivity contribution in [3.63, 3.8) is 0 Å². The van der Waals surface area contributed by atoms with E-state index < -0.39 is 0 Å². The molecule has 18 heavy (non-hydrogen) atoms. The number of nitrogens with two attached hydrogens (primary N) is 1. The second kappa shape index (κ2) is 5.97. The molecule has 0 fully saturated rings. The number of rotatable bonds is 4. The predicted octanol–water partition coefficient (Wildman–Crippen LogP) is 2.05. The molecule has 0 unspecified atom stereocenters. The average molecular weight is 259 g/mol. The minimum atomic E-state index is -0.146. The van der Waals surface area contributed by atoms with Crippen LogP contribution in [0.4, 0.5) is 5.69 Å². The molecule has 0 saturated carbocycles. The quantitative estimate of drug-likeness (QED) is 0.652. The van der Waals surface area contributed by atoms with Crippen LogP contribution in [0.1, 0.15) is 10.6 Å². The van der Waals surface area contributed by atoms with Crippen LogP contribution in [-0.4, -0.2) is 10.9 Å². The van der Waals surface area contributed by atoms with Crippen LogP contribution in [0.15, 0.2) is 41.9 Å². The number of hydrogen-bond donors (Lipinski definition) is 2. The van der Waals surface area contributed by atoms with Crippen molar-refractivity contribution in [3.05, 3.63) is 52.5 Å². The van der Waals surface area contributed by atoms with E-state index in [0.717, 1.165) is 10.6 Å². The first-order valence-electron chi connectivity index (χ1n) is 5.44. The maximum absolute atomic E-state index is 11.5. The van der Waals surface area contributed by atoms with E-state index in [2.05, 4.69) is 10.3 Å². The van der Waals surface area contributed by atoms with Gasteiger partial charge in [0.1, 0.15) is 5.01 Å². The lowest BCUT2D eigenvalue weighted by Crippen LogP contribution is -2.19. The fourth-order valence-electron chi connectivity index (χ4n) is 1.40. The lowest BCUT2D eigenvalue weighted by atomic mass is 10.2. The number of aromatic nitrogens is 1. The van der Waals surface area contributed by atoms with Gasteiger partial charge in [0.2, 0.25) is 5.91 Å². The van der Waals surface area contributed by atoms with Crippen LogP contribution >= 0.6 is 11.3 Å². The van der Waals surface area contributed by atoms with Crippen LogP contribution in [0.3, 0.4) is 0 Å². The molecule has 0 spiro atoms. The third-order valence-corrected chi connectivity index (χ3v) is 3.01. The molecular formula is C13H13N3OS. The molecule has 4 nitrogen and oxygen atoms in total. The Labute approximate surface area is 109 Å². The summed E-state index contributed by atoms with van der Waals surface area (Å²) >= 11 is 1.51. The molecule has 0 bridgehead atoms. The van der Waals surface area contributed by atoms with Crippen molar-refractivity contribution in [3.8, 4) is 0 Å². The summed E-state index contributed by atoms with van der Waals surface area (Å²) in [4.78, 5) is 15.6. The van der Waals surface area contributed by atoms with Gasteiger partial charge in [-0.2, -0.15) is 0 Å². The van der Waals surface area contributed by atoms with Crippen LogP contribution in [-0.2, 0) is 11.3 Å². The summed E-state index contributed by atoms with van der Waals surface area (Å²) in [5, 5.41) is 5.53. The number of anilines is 1. The molecule has 2 aromatic rings. The third kappa shape index (κ3) is 3.71. The first-order valence-corrected chi connectivity index (χ1v) is 6.32. The van der Waals surface area contributed by atoms with Gasteiger partial charge in [0, 0.05) is 23.3 Å². The zero-order valence-electron chi connectivity index (χ0n) is 9.67. The highest BCUT2D eigenvalue weighted by molar-refractivity contribution is 7.09. The fourth-order valence-corrected chi connectivity index (χ4v) is 1.95. The van der Waals surface area contributed by atoms with E-state index in [0.29, 0.717) is 12.2 Å². The average Bonchev–Trinajstić information content (AvgIpc) is 2.87. The normalized spacial score (nSPS) is 10.7. The first-order chi connectivity index (χ1) is 8.74. The van der Waals surface area contributed by atoms with Crippen LogP contribution in [0, 0.1) is 0 Å². The van der Waals surface area contributed by atoms with E-state index in [1.807, 2.05) is 23.6 Å². The van der Waals surface area contributed by atoms with Gasteiger partial charge in [0.25, 0.3) is 0 Å². The van der Waals surface area contributed by atoms with E-state index in [-0.39, 0.29) is 5.91 Å². The first kappa shape index (κ1) is 12.3. The van der Waals surface area contributed by atoms with Crippen molar-refractivity contribution < 1.29 is 4.79 Å². The molecule has 1 aromatic carbocycles. The Morgan fingerprint density at radius 1 is 1.50 bits per heavy atom. The minimum Gasteiger partial charge on any atom is -0.399 e. The van der Waals surface area contributed by atoms with Crippen LogP contribution in [0.2, 0.25) is 0 Å². The maximum Gasteiger partial charge on any atom is 0.244 e. The molecule has 92 valence electrons. The van der Waals surface area contributed by atoms with E-state index in [4.69, 9.17) is 5.73 Å². The molecule has 0 aliphatic rings. The maximum atomic E-state index is 11.5. The molecular weight excluding hydrogens is 246 g/mol. The van der Waals surface area contributed by atoms with E-state index in [1.165, 1.54) is 17.4 Å². The Balaban J connectivity index is 1.87. The summed E-state index contributed by atoms with van der Waals surface area (Å²) in [6.45, 7) is 0.456. The topological polar surface area (TPSA) is 68.0 Å². The smallest absolute Gasteiger partial charge is 0.244 e. The molecule has 0 aliphatic heterocycles. The Morgan fingerprint density at radius 3 is 3.11 bits per heavy atom. The van der Waals surface area contributed by atoms with Gasteiger partial charge in [-0.15, -0.1) is 11.3 Å². The van der Waals surface area contributed by atoms with E-state index >= 15 is 0 Å². The minimum absolute atomic E-state index is 0.146. The highest BCUT2D eigenvalue weighted by Crippen LogP contribution is 2.08. The van der Waals surface area contributed by atoms with Crippen LogP contribution in [0.25, 0.3) is 6.08 Å². The molecule has 0 saturated heterocycles. The summed E-state index contributed by atoms with van der Waals surface area (Å²) in [5.74, 6) is -0.146. The highest BCUT2D eigenvalue weighted by atomic mass is 32.1. The third-order valence-electron chi connectivity index (χ3n) is 2.24. The molecule has 2 rings (SSSR count).